The minimum Gasteiger partial charge on any atom is -0.427 e. The van der Waals surface area contributed by atoms with Gasteiger partial charge in [0.25, 0.3) is 0 Å². The van der Waals surface area contributed by atoms with Gasteiger partial charge in [-0.2, -0.15) is 5.11 Å². The van der Waals surface area contributed by atoms with E-state index in [1.807, 2.05) is 19.2 Å². The van der Waals surface area contributed by atoms with E-state index in [2.05, 4.69) is 15.5 Å². The summed E-state index contributed by atoms with van der Waals surface area (Å²) in [7, 11) is 3.26. The van der Waals surface area contributed by atoms with Crippen LogP contribution in [0.2, 0.25) is 0 Å². The van der Waals surface area contributed by atoms with E-state index in [1.165, 1.54) is 19.6 Å². The van der Waals surface area contributed by atoms with Crippen molar-refractivity contribution in [3.05, 3.63) is 48.3 Å². The molecule has 0 amide bonds. The molecule has 1 radical (unpaired) electrons. The number of anilines is 1. The van der Waals surface area contributed by atoms with Crippen LogP contribution in [-0.2, 0) is 4.65 Å². The van der Waals surface area contributed by atoms with Gasteiger partial charge < -0.3 is 15.1 Å². The molecule has 0 spiro atoms. The summed E-state index contributed by atoms with van der Waals surface area (Å²) in [4.78, 5) is 0. The van der Waals surface area contributed by atoms with Crippen LogP contribution in [0.1, 0.15) is 27.7 Å². The second-order valence-corrected chi connectivity index (χ2v) is 7.01. The lowest BCUT2D eigenvalue weighted by atomic mass is 9.82. The zero-order valence-corrected chi connectivity index (χ0v) is 15.7. The second kappa shape index (κ2) is 7.97. The van der Waals surface area contributed by atoms with Gasteiger partial charge in [-0.05, 0) is 64.1 Å². The standard InChI is InChI=1S/C19H24BFN3O2/c1-18(2,25)19(3,4)26-20-13-6-11-17(16(21)12-13)24-23-15-9-7-14(22-5)8-10-15/h6-12,22,25H,1-5H3. The van der Waals surface area contributed by atoms with Crippen LogP contribution < -0.4 is 10.8 Å². The molecule has 7 heteroatoms. The summed E-state index contributed by atoms with van der Waals surface area (Å²) in [5.41, 5.74) is 0.414. The molecule has 2 rings (SSSR count). The lowest BCUT2D eigenvalue weighted by molar-refractivity contribution is -0.0893. The number of nitrogens with zero attached hydrogens (tertiary/aromatic N) is 2. The van der Waals surface area contributed by atoms with E-state index in [0.717, 1.165) is 5.69 Å². The molecule has 0 heterocycles. The highest BCUT2D eigenvalue weighted by Crippen LogP contribution is 2.25. The quantitative estimate of drug-likeness (QED) is 0.580. The minimum absolute atomic E-state index is 0.140. The first-order valence-corrected chi connectivity index (χ1v) is 8.35. The van der Waals surface area contributed by atoms with E-state index < -0.39 is 17.0 Å². The van der Waals surface area contributed by atoms with Gasteiger partial charge >= 0.3 is 7.48 Å². The maximum atomic E-state index is 14.2. The number of aliphatic hydroxyl groups is 1. The largest absolute Gasteiger partial charge is 0.427 e. The van der Waals surface area contributed by atoms with Crippen LogP contribution in [0.25, 0.3) is 0 Å². The first-order valence-electron chi connectivity index (χ1n) is 8.35. The Labute approximate surface area is 154 Å². The van der Waals surface area contributed by atoms with E-state index in [4.69, 9.17) is 4.65 Å². The zero-order valence-electron chi connectivity index (χ0n) is 15.7. The molecule has 0 fully saturated rings. The van der Waals surface area contributed by atoms with Crippen LogP contribution >= 0.6 is 0 Å². The lowest BCUT2D eigenvalue weighted by Gasteiger charge is -2.37. The molecule has 0 saturated carbocycles. The molecule has 0 aliphatic rings. The monoisotopic (exact) mass is 356 g/mol. The highest BCUT2D eigenvalue weighted by Gasteiger charge is 2.35. The molecule has 0 unspecified atom stereocenters. The number of hydrogen-bond acceptors (Lipinski definition) is 5. The number of nitrogens with one attached hydrogen (secondary N) is 1. The number of azo groups is 1. The van der Waals surface area contributed by atoms with Crippen LogP contribution in [0.3, 0.4) is 0 Å². The molecule has 2 aromatic rings. The third-order valence-corrected chi connectivity index (χ3v) is 4.36. The number of hydrogen-bond donors (Lipinski definition) is 2. The predicted molar refractivity (Wildman–Crippen MR) is 103 cm³/mol. The Morgan fingerprint density at radius 3 is 2.23 bits per heavy atom. The van der Waals surface area contributed by atoms with Gasteiger partial charge in [-0.3, -0.25) is 0 Å². The van der Waals surface area contributed by atoms with Crippen LogP contribution in [0.5, 0.6) is 0 Å². The molecule has 0 aliphatic heterocycles. The molecular weight excluding hydrogens is 332 g/mol. The highest BCUT2D eigenvalue weighted by atomic mass is 19.1. The molecule has 2 aromatic carbocycles. The normalized spacial score (nSPS) is 12.4. The Balaban J connectivity index is 2.05. The fourth-order valence-electron chi connectivity index (χ4n) is 1.84. The Morgan fingerprint density at radius 2 is 1.69 bits per heavy atom. The number of rotatable bonds is 7. The molecule has 137 valence electrons. The van der Waals surface area contributed by atoms with Crippen LogP contribution in [0, 0.1) is 5.82 Å². The van der Waals surface area contributed by atoms with Crippen molar-refractivity contribution in [2.45, 2.75) is 38.9 Å². The van der Waals surface area contributed by atoms with Gasteiger partial charge in [0.05, 0.1) is 16.9 Å². The molecule has 26 heavy (non-hydrogen) atoms. The van der Waals surface area contributed by atoms with Crippen molar-refractivity contribution in [2.24, 2.45) is 10.2 Å². The molecule has 0 aliphatic carbocycles. The van der Waals surface area contributed by atoms with Crippen molar-refractivity contribution in [2.75, 3.05) is 12.4 Å². The van der Waals surface area contributed by atoms with Gasteiger partial charge in [-0.15, -0.1) is 5.11 Å². The van der Waals surface area contributed by atoms with Crippen LogP contribution in [-0.4, -0.2) is 30.8 Å². The SMILES string of the molecule is CNc1ccc(N=Nc2ccc([B]OC(C)(C)C(C)(C)O)cc2F)cc1. The Bertz CT molecular complexity index is 771. The lowest BCUT2D eigenvalue weighted by Crippen LogP contribution is -2.49. The molecule has 0 bridgehead atoms. The number of benzene rings is 2. The van der Waals surface area contributed by atoms with Crippen LogP contribution in [0.15, 0.2) is 52.7 Å². The fourth-order valence-corrected chi connectivity index (χ4v) is 1.84. The molecule has 0 atom stereocenters. The van der Waals surface area contributed by atoms with Gasteiger partial charge in [-0.1, -0.05) is 11.5 Å². The first kappa shape index (κ1) is 20.1. The molecule has 5 nitrogen and oxygen atoms in total. The summed E-state index contributed by atoms with van der Waals surface area (Å²) >= 11 is 0. The molecule has 0 saturated heterocycles. The van der Waals surface area contributed by atoms with E-state index in [-0.39, 0.29) is 5.69 Å². The van der Waals surface area contributed by atoms with E-state index in [0.29, 0.717) is 11.2 Å². The summed E-state index contributed by atoms with van der Waals surface area (Å²) < 4.78 is 19.9. The fraction of sp³-hybridized carbons (Fsp3) is 0.368. The summed E-state index contributed by atoms with van der Waals surface area (Å²) in [6, 6.07) is 11.9. The third-order valence-electron chi connectivity index (χ3n) is 4.36. The molecular formula is C19H24BFN3O2. The summed E-state index contributed by atoms with van der Waals surface area (Å²) in [6.07, 6.45) is 0. The van der Waals surface area contributed by atoms with Gasteiger partial charge in [-0.25, -0.2) is 4.39 Å². The average molecular weight is 356 g/mol. The van der Waals surface area contributed by atoms with Crippen molar-refractivity contribution in [1.82, 2.24) is 0 Å². The van der Waals surface area contributed by atoms with Crippen molar-refractivity contribution in [3.8, 4) is 0 Å². The topological polar surface area (TPSA) is 66.2 Å². The maximum absolute atomic E-state index is 14.2. The zero-order chi connectivity index (χ0) is 19.4. The molecule has 2 N–H and O–H groups in total. The van der Waals surface area contributed by atoms with Gasteiger partial charge in [0.2, 0.25) is 0 Å². The maximum Gasteiger partial charge on any atom is 0.331 e. The smallest absolute Gasteiger partial charge is 0.331 e. The van der Waals surface area contributed by atoms with Crippen molar-refractivity contribution in [1.29, 1.82) is 0 Å². The van der Waals surface area contributed by atoms with Crippen molar-refractivity contribution in [3.63, 3.8) is 0 Å². The molecule has 0 aromatic heterocycles. The summed E-state index contributed by atoms with van der Waals surface area (Å²) in [5, 5.41) is 21.1. The Morgan fingerprint density at radius 1 is 1.04 bits per heavy atom. The van der Waals surface area contributed by atoms with Gasteiger partial charge in [0, 0.05) is 12.7 Å². The average Bonchev–Trinajstić information content (AvgIpc) is 2.58. The first-order chi connectivity index (χ1) is 12.1. The highest BCUT2D eigenvalue weighted by molar-refractivity contribution is 6.47. The predicted octanol–water partition coefficient (Wildman–Crippen LogP) is 4.09. The second-order valence-electron chi connectivity index (χ2n) is 7.01. The Kier molecular flexibility index (Phi) is 6.15. The van der Waals surface area contributed by atoms with Gasteiger partial charge in [0.15, 0.2) is 0 Å². The van der Waals surface area contributed by atoms with E-state index >= 15 is 0 Å². The summed E-state index contributed by atoms with van der Waals surface area (Å²) in [6.45, 7) is 6.85. The van der Waals surface area contributed by atoms with E-state index in [9.17, 15) is 9.50 Å². The Hall–Kier alpha value is -2.25. The van der Waals surface area contributed by atoms with Crippen LogP contribution in [0.4, 0.5) is 21.5 Å². The summed E-state index contributed by atoms with van der Waals surface area (Å²) in [5.74, 6) is -0.501. The minimum atomic E-state index is -1.04. The van der Waals surface area contributed by atoms with Crippen molar-refractivity contribution >= 4 is 30.0 Å². The van der Waals surface area contributed by atoms with Crippen molar-refractivity contribution < 1.29 is 14.2 Å². The van der Waals surface area contributed by atoms with Gasteiger partial charge in [0.1, 0.15) is 11.5 Å². The number of halogens is 1. The third kappa shape index (κ3) is 5.13. The van der Waals surface area contributed by atoms with E-state index in [1.54, 1.807) is 45.9 Å².